The molecule has 1 N–H and O–H groups in total. The van der Waals surface area contributed by atoms with E-state index in [2.05, 4.69) is 6.07 Å². The third-order valence-corrected chi connectivity index (χ3v) is 3.73. The van der Waals surface area contributed by atoms with Crippen LogP contribution in [0.15, 0.2) is 6.07 Å². The van der Waals surface area contributed by atoms with E-state index in [9.17, 15) is 0 Å². The Morgan fingerprint density at radius 3 is 1.55 bits per heavy atom. The molecular weight excluding hydrogens is 284 g/mol. The van der Waals surface area contributed by atoms with E-state index in [1.54, 1.807) is 22.3 Å². The average molecular weight is 311 g/mol. The van der Waals surface area contributed by atoms with Crippen molar-refractivity contribution in [2.75, 3.05) is 0 Å². The Labute approximate surface area is 139 Å². The first-order valence-corrected chi connectivity index (χ1v) is 6.67. The fraction of sp³-hybridized carbons (Fsp3) is 0.529. The second-order valence-electron chi connectivity index (χ2n) is 5.09. The number of carbonyl (C=O) groups is 1. The Kier molecular flexibility index (Phi) is 11.2. The summed E-state index contributed by atoms with van der Waals surface area (Å²) in [6.07, 6.45) is 11.2. The smallest absolute Gasteiger partial charge is 0.481 e. The molecule has 0 spiro atoms. The fourth-order valence-corrected chi connectivity index (χ4v) is 3.08. The van der Waals surface area contributed by atoms with Gasteiger partial charge in [-0.2, -0.15) is 28.3 Å². The predicted molar refractivity (Wildman–Crippen MR) is 81.5 cm³/mol. The van der Waals surface area contributed by atoms with Gasteiger partial charge >= 0.3 is 21.7 Å². The zero-order chi connectivity index (χ0) is 12.3. The molecular formula is C17H27O2Ti. The molecule has 0 atom stereocenters. The van der Waals surface area contributed by atoms with Crippen LogP contribution >= 0.6 is 0 Å². The second-order valence-corrected chi connectivity index (χ2v) is 5.09. The minimum absolute atomic E-state index is 0. The topological polar surface area (TPSA) is 37.3 Å². The molecule has 0 unspecified atom stereocenters. The van der Waals surface area contributed by atoms with Crippen LogP contribution in [0.1, 0.15) is 54.9 Å². The van der Waals surface area contributed by atoms with Crippen molar-refractivity contribution in [3.8, 4) is 0 Å². The normalized spacial score (nSPS) is 14.8. The van der Waals surface area contributed by atoms with E-state index in [-0.39, 0.29) is 36.6 Å². The van der Waals surface area contributed by atoms with E-state index in [1.165, 1.54) is 51.4 Å². The molecule has 0 bridgehead atoms. The molecule has 0 saturated carbocycles. The quantitative estimate of drug-likeness (QED) is 0.577. The van der Waals surface area contributed by atoms with Crippen molar-refractivity contribution in [3.63, 3.8) is 0 Å². The van der Waals surface area contributed by atoms with Gasteiger partial charge in [0.1, 0.15) is 0 Å². The summed E-state index contributed by atoms with van der Waals surface area (Å²) in [5, 5.41) is 7.42. The van der Waals surface area contributed by atoms with Crippen molar-refractivity contribution in [2.45, 2.75) is 58.3 Å². The Hall–Kier alpha value is -0.466. The summed E-state index contributed by atoms with van der Waals surface area (Å²) in [5.74, 6) is -0.833. The molecule has 1 aromatic carbocycles. The molecule has 3 rings (SSSR count). The second kappa shape index (κ2) is 10.3. The monoisotopic (exact) mass is 311 g/mol. The van der Waals surface area contributed by atoms with Crippen molar-refractivity contribution in [2.24, 2.45) is 0 Å². The molecule has 3 heteroatoms. The molecule has 0 amide bonds. The van der Waals surface area contributed by atoms with Gasteiger partial charge in [0.15, 0.2) is 0 Å². The van der Waals surface area contributed by atoms with Gasteiger partial charge in [-0.15, -0.1) is 0 Å². The molecule has 1 aromatic rings. The molecule has 111 valence electrons. The van der Waals surface area contributed by atoms with E-state index in [0.29, 0.717) is 0 Å². The van der Waals surface area contributed by atoms with Crippen LogP contribution in [0.25, 0.3) is 0 Å². The van der Waals surface area contributed by atoms with Gasteiger partial charge in [0, 0.05) is 6.92 Å². The zero-order valence-corrected chi connectivity index (χ0v) is 14.7. The van der Waals surface area contributed by atoms with Crippen LogP contribution in [0.4, 0.5) is 0 Å². The maximum absolute atomic E-state index is 9.00. The van der Waals surface area contributed by atoms with Gasteiger partial charge in [0.2, 0.25) is 0 Å². The van der Waals surface area contributed by atoms with Gasteiger partial charge < -0.3 is 20.0 Å². The first kappa shape index (κ1) is 21.8. The Morgan fingerprint density at radius 2 is 1.20 bits per heavy atom. The molecule has 0 heterocycles. The van der Waals surface area contributed by atoms with E-state index in [1.807, 2.05) is 0 Å². The van der Waals surface area contributed by atoms with Gasteiger partial charge in [-0.3, -0.25) is 4.79 Å². The number of hydrogen-bond donors (Lipinski definition) is 1. The van der Waals surface area contributed by atoms with Crippen LogP contribution in [0.5, 0.6) is 0 Å². The summed E-state index contributed by atoms with van der Waals surface area (Å²) >= 11 is 0. The van der Waals surface area contributed by atoms with Crippen LogP contribution in [0.2, 0.25) is 0 Å². The Morgan fingerprint density at radius 1 is 0.900 bits per heavy atom. The summed E-state index contributed by atoms with van der Waals surface area (Å²) < 4.78 is 0. The van der Waals surface area contributed by atoms with Crippen molar-refractivity contribution in [1.29, 1.82) is 0 Å². The Balaban J connectivity index is 0. The number of carboxylic acids is 1. The molecule has 0 aliphatic heterocycles. The SMILES string of the molecule is CC(=O)O.[CH3-].[CH3-].[Ti+3].[cH-]1c2c(c3c1CCCC3)CCCC2. The number of rotatable bonds is 0. The summed E-state index contributed by atoms with van der Waals surface area (Å²) in [6, 6.07) is 2.52. The zero-order valence-electron chi connectivity index (χ0n) is 13.1. The first-order chi connectivity index (χ1) is 8.18. The van der Waals surface area contributed by atoms with E-state index < -0.39 is 5.97 Å². The predicted octanol–water partition coefficient (Wildman–Crippen LogP) is 4.15. The summed E-state index contributed by atoms with van der Waals surface area (Å²) in [6.45, 7) is 1.08. The Bertz CT molecular complexity index is 373. The van der Waals surface area contributed by atoms with Crippen molar-refractivity contribution >= 4 is 5.97 Å². The standard InChI is InChI=1S/C13H17.C2H4O2.2CH3.Ti/c1-3-7-12-10(5-1)9-11-6-2-4-8-13(11)12;1-2(3)4;;;/h9H,1-8H2;1H3,(H,3,4);2*1H3;/q-1;;2*-1;+3. The molecule has 2 aliphatic rings. The summed E-state index contributed by atoms with van der Waals surface area (Å²) in [4.78, 5) is 9.00. The van der Waals surface area contributed by atoms with E-state index in [4.69, 9.17) is 9.90 Å². The molecule has 0 saturated heterocycles. The van der Waals surface area contributed by atoms with Crippen molar-refractivity contribution in [1.82, 2.24) is 0 Å². The largest absolute Gasteiger partial charge is 3.00 e. The van der Waals surface area contributed by atoms with E-state index in [0.717, 1.165) is 6.92 Å². The van der Waals surface area contributed by atoms with Gasteiger partial charge in [0.25, 0.3) is 5.97 Å². The summed E-state index contributed by atoms with van der Waals surface area (Å²) in [7, 11) is 0. The maximum atomic E-state index is 9.00. The fourth-order valence-electron chi connectivity index (χ4n) is 3.08. The minimum Gasteiger partial charge on any atom is -0.481 e. The number of fused-ring (bicyclic) bond motifs is 3. The molecule has 2 aliphatic carbocycles. The molecule has 0 fully saturated rings. The number of carboxylic acid groups (broad SMARTS) is 1. The van der Waals surface area contributed by atoms with Crippen molar-refractivity contribution < 1.29 is 31.6 Å². The van der Waals surface area contributed by atoms with Crippen LogP contribution < -0.4 is 0 Å². The number of hydrogen-bond acceptors (Lipinski definition) is 1. The summed E-state index contributed by atoms with van der Waals surface area (Å²) in [5.41, 5.74) is 6.94. The minimum atomic E-state index is -0.833. The number of aliphatic carboxylic acids is 1. The molecule has 0 aromatic heterocycles. The third-order valence-electron chi connectivity index (χ3n) is 3.73. The molecule has 20 heavy (non-hydrogen) atoms. The van der Waals surface area contributed by atoms with Gasteiger partial charge in [-0.05, 0) is 0 Å². The van der Waals surface area contributed by atoms with Gasteiger partial charge in [-0.25, -0.2) is 0 Å². The number of aryl methyl sites for hydroxylation is 2. The van der Waals surface area contributed by atoms with Crippen molar-refractivity contribution in [3.05, 3.63) is 43.2 Å². The van der Waals surface area contributed by atoms with Crippen LogP contribution in [0.3, 0.4) is 0 Å². The third kappa shape index (κ3) is 5.50. The molecule has 1 radical (unpaired) electrons. The van der Waals surface area contributed by atoms with Crippen LogP contribution in [-0.2, 0) is 52.2 Å². The average Bonchev–Trinajstić information content (AvgIpc) is 2.66. The van der Waals surface area contributed by atoms with Crippen LogP contribution in [-0.4, -0.2) is 11.1 Å². The molecule has 2 nitrogen and oxygen atoms in total. The van der Waals surface area contributed by atoms with Crippen LogP contribution in [0, 0.1) is 14.9 Å². The van der Waals surface area contributed by atoms with Gasteiger partial charge in [-0.1, -0.05) is 51.4 Å². The first-order valence-electron chi connectivity index (χ1n) is 6.67. The maximum Gasteiger partial charge on any atom is 3.00 e. The van der Waals surface area contributed by atoms with E-state index >= 15 is 0 Å². The van der Waals surface area contributed by atoms with Gasteiger partial charge in [0.05, 0.1) is 0 Å².